The van der Waals surface area contributed by atoms with E-state index in [1.54, 1.807) is 44.6 Å². The highest BCUT2D eigenvalue weighted by Gasteiger charge is 2.19. The number of amides is 1. The van der Waals surface area contributed by atoms with Gasteiger partial charge < -0.3 is 23.9 Å². The quantitative estimate of drug-likeness (QED) is 0.628. The van der Waals surface area contributed by atoms with Gasteiger partial charge in [-0.1, -0.05) is 0 Å². The summed E-state index contributed by atoms with van der Waals surface area (Å²) in [6.07, 6.45) is 0. The zero-order valence-electron chi connectivity index (χ0n) is 16.1. The Bertz CT molecular complexity index is 1040. The number of carbonyl (C=O) groups is 2. The van der Waals surface area contributed by atoms with Gasteiger partial charge in [0.25, 0.3) is 5.91 Å². The van der Waals surface area contributed by atoms with Crippen LogP contribution in [0.5, 0.6) is 17.2 Å². The first kappa shape index (κ1) is 19.3. The van der Waals surface area contributed by atoms with Crippen LogP contribution in [-0.2, 0) is 6.54 Å². The largest absolute Gasteiger partial charge is 0.497 e. The summed E-state index contributed by atoms with van der Waals surface area (Å²) in [6.45, 7) is 1.70. The average Bonchev–Trinajstić information content (AvgIpc) is 3.16. The van der Waals surface area contributed by atoms with Gasteiger partial charge in [-0.25, -0.2) is 0 Å². The number of ether oxygens (including phenoxy) is 3. The van der Waals surface area contributed by atoms with Crippen molar-refractivity contribution in [1.82, 2.24) is 5.32 Å². The first-order valence-corrected chi connectivity index (χ1v) is 8.59. The number of furan rings is 1. The van der Waals surface area contributed by atoms with Crippen LogP contribution >= 0.6 is 0 Å². The first-order chi connectivity index (χ1) is 13.5. The van der Waals surface area contributed by atoms with Crippen molar-refractivity contribution in [3.63, 3.8) is 0 Å². The summed E-state index contributed by atoms with van der Waals surface area (Å²) in [5, 5.41) is 3.34. The third-order valence-electron chi connectivity index (χ3n) is 4.40. The minimum absolute atomic E-state index is 0.0921. The molecule has 0 radical (unpaired) electrons. The number of hydrogen-bond donors (Lipinski definition) is 1. The number of benzene rings is 2. The van der Waals surface area contributed by atoms with Crippen LogP contribution in [0.4, 0.5) is 0 Å². The molecule has 1 heterocycles. The van der Waals surface area contributed by atoms with Crippen molar-refractivity contribution in [3.8, 4) is 17.2 Å². The van der Waals surface area contributed by atoms with Crippen LogP contribution in [0.15, 0.2) is 40.8 Å². The Morgan fingerprint density at radius 1 is 0.964 bits per heavy atom. The van der Waals surface area contributed by atoms with E-state index in [9.17, 15) is 9.59 Å². The van der Waals surface area contributed by atoms with Crippen LogP contribution in [-0.4, -0.2) is 33.0 Å². The number of rotatable bonds is 7. The molecule has 7 nitrogen and oxygen atoms in total. The molecule has 0 unspecified atom stereocenters. The molecule has 1 N–H and O–H groups in total. The summed E-state index contributed by atoms with van der Waals surface area (Å²) in [7, 11) is 4.62. The van der Waals surface area contributed by atoms with Crippen LogP contribution in [0.3, 0.4) is 0 Å². The second-order valence-corrected chi connectivity index (χ2v) is 6.09. The Balaban J connectivity index is 1.86. The van der Waals surface area contributed by atoms with E-state index in [1.807, 2.05) is 6.07 Å². The maximum atomic E-state index is 12.6. The fraction of sp³-hybridized carbons (Fsp3) is 0.238. The summed E-state index contributed by atoms with van der Waals surface area (Å²) in [5.41, 5.74) is 1.62. The molecule has 0 aliphatic carbocycles. The SMILES string of the molecule is COc1ccc(CNC(=O)c2cc3c(C(C)=O)ccc(OC)c3o2)c(OC)c1. The van der Waals surface area contributed by atoms with E-state index in [0.717, 1.165) is 5.56 Å². The molecule has 0 fully saturated rings. The average molecular weight is 383 g/mol. The molecule has 1 amide bonds. The van der Waals surface area contributed by atoms with Crippen molar-refractivity contribution < 1.29 is 28.2 Å². The predicted molar refractivity (Wildman–Crippen MR) is 103 cm³/mol. The lowest BCUT2D eigenvalue weighted by Gasteiger charge is -2.10. The molecule has 3 aromatic rings. The molecule has 0 saturated heterocycles. The zero-order valence-corrected chi connectivity index (χ0v) is 16.1. The molecule has 28 heavy (non-hydrogen) atoms. The smallest absolute Gasteiger partial charge is 0.287 e. The summed E-state index contributed by atoms with van der Waals surface area (Å²) in [5.74, 6) is 1.28. The molecular formula is C21H21NO6. The molecule has 0 atom stereocenters. The summed E-state index contributed by atoms with van der Waals surface area (Å²) < 4.78 is 21.5. The van der Waals surface area contributed by atoms with E-state index >= 15 is 0 Å². The first-order valence-electron chi connectivity index (χ1n) is 8.59. The van der Waals surface area contributed by atoms with Crippen LogP contribution in [0.2, 0.25) is 0 Å². The molecule has 1 aromatic heterocycles. The van der Waals surface area contributed by atoms with Crippen molar-refractivity contribution in [2.75, 3.05) is 21.3 Å². The Labute approximate surface area is 162 Å². The number of ketones is 1. The number of nitrogens with one attached hydrogen (secondary N) is 1. The van der Waals surface area contributed by atoms with Gasteiger partial charge in [-0.3, -0.25) is 9.59 Å². The second kappa shape index (κ2) is 8.04. The molecule has 2 aromatic carbocycles. The van der Waals surface area contributed by atoms with E-state index in [2.05, 4.69) is 5.32 Å². The number of methoxy groups -OCH3 is 3. The van der Waals surface area contributed by atoms with Gasteiger partial charge in [0, 0.05) is 29.1 Å². The Hall–Kier alpha value is -3.48. The lowest BCUT2D eigenvalue weighted by atomic mass is 10.1. The molecular weight excluding hydrogens is 362 g/mol. The molecule has 0 aliphatic rings. The number of fused-ring (bicyclic) bond motifs is 1. The van der Waals surface area contributed by atoms with Crippen molar-refractivity contribution in [3.05, 3.63) is 53.3 Å². The highest BCUT2D eigenvalue weighted by molar-refractivity contribution is 6.09. The summed E-state index contributed by atoms with van der Waals surface area (Å²) in [4.78, 5) is 24.5. The molecule has 0 aliphatic heterocycles. The third-order valence-corrected chi connectivity index (χ3v) is 4.40. The molecule has 146 valence electrons. The van der Waals surface area contributed by atoms with Gasteiger partial charge >= 0.3 is 0 Å². The minimum atomic E-state index is -0.411. The van der Waals surface area contributed by atoms with Crippen LogP contribution in [0.25, 0.3) is 11.0 Å². The van der Waals surface area contributed by atoms with E-state index < -0.39 is 5.91 Å². The second-order valence-electron chi connectivity index (χ2n) is 6.09. The van der Waals surface area contributed by atoms with E-state index in [1.165, 1.54) is 14.0 Å². The van der Waals surface area contributed by atoms with Crippen molar-refractivity contribution in [2.24, 2.45) is 0 Å². The highest BCUT2D eigenvalue weighted by Crippen LogP contribution is 2.32. The predicted octanol–water partition coefficient (Wildman–Crippen LogP) is 3.59. The maximum Gasteiger partial charge on any atom is 0.287 e. The number of hydrogen-bond acceptors (Lipinski definition) is 6. The Morgan fingerprint density at radius 2 is 1.71 bits per heavy atom. The summed E-state index contributed by atoms with van der Waals surface area (Å²) >= 11 is 0. The van der Waals surface area contributed by atoms with Gasteiger partial charge in [-0.05, 0) is 37.3 Å². The van der Waals surface area contributed by atoms with Gasteiger partial charge in [0.15, 0.2) is 22.9 Å². The summed E-state index contributed by atoms with van der Waals surface area (Å²) in [6, 6.07) is 10.2. The van der Waals surface area contributed by atoms with Crippen molar-refractivity contribution in [2.45, 2.75) is 13.5 Å². The van der Waals surface area contributed by atoms with Gasteiger partial charge in [0.1, 0.15) is 11.5 Å². The van der Waals surface area contributed by atoms with Gasteiger partial charge in [-0.15, -0.1) is 0 Å². The van der Waals surface area contributed by atoms with Crippen molar-refractivity contribution >= 4 is 22.7 Å². The molecule has 7 heteroatoms. The van der Waals surface area contributed by atoms with Gasteiger partial charge in [-0.2, -0.15) is 0 Å². The van der Waals surface area contributed by atoms with Crippen LogP contribution < -0.4 is 19.5 Å². The highest BCUT2D eigenvalue weighted by atomic mass is 16.5. The Kier molecular flexibility index (Phi) is 5.54. The molecule has 0 saturated carbocycles. The molecule has 0 spiro atoms. The van der Waals surface area contributed by atoms with Crippen molar-refractivity contribution in [1.29, 1.82) is 0 Å². The van der Waals surface area contributed by atoms with Crippen LogP contribution in [0.1, 0.15) is 33.4 Å². The maximum absolute atomic E-state index is 12.6. The zero-order chi connectivity index (χ0) is 20.3. The minimum Gasteiger partial charge on any atom is -0.497 e. The van der Waals surface area contributed by atoms with Gasteiger partial charge in [0.05, 0.1) is 21.3 Å². The normalized spacial score (nSPS) is 10.6. The fourth-order valence-electron chi connectivity index (χ4n) is 2.94. The topological polar surface area (TPSA) is 87.0 Å². The lowest BCUT2D eigenvalue weighted by molar-refractivity contribution is 0.0924. The third kappa shape index (κ3) is 3.64. The Morgan fingerprint density at radius 3 is 2.36 bits per heavy atom. The molecule has 0 bridgehead atoms. The standard InChI is InChI=1S/C21H21NO6/c1-12(23)15-7-8-17(26-3)20-16(15)10-19(28-20)21(24)22-11-13-5-6-14(25-2)9-18(13)27-4/h5-10H,11H2,1-4H3,(H,22,24). The number of carbonyl (C=O) groups excluding carboxylic acids is 2. The fourth-order valence-corrected chi connectivity index (χ4v) is 2.94. The number of Topliss-reactive ketones (excluding diaryl/α,β-unsaturated/α-hetero) is 1. The monoisotopic (exact) mass is 383 g/mol. The van der Waals surface area contributed by atoms with Crippen LogP contribution in [0, 0.1) is 0 Å². The lowest BCUT2D eigenvalue weighted by Crippen LogP contribution is -2.22. The van der Waals surface area contributed by atoms with E-state index in [-0.39, 0.29) is 18.1 Å². The molecule has 3 rings (SSSR count). The van der Waals surface area contributed by atoms with E-state index in [4.69, 9.17) is 18.6 Å². The van der Waals surface area contributed by atoms with Gasteiger partial charge in [0.2, 0.25) is 0 Å². The van der Waals surface area contributed by atoms with E-state index in [0.29, 0.717) is 33.8 Å².